The lowest BCUT2D eigenvalue weighted by Gasteiger charge is -2.11. The van der Waals surface area contributed by atoms with Gasteiger partial charge in [-0.05, 0) is 83.3 Å². The van der Waals surface area contributed by atoms with Gasteiger partial charge in [-0.1, -0.05) is 34.8 Å². The maximum Gasteiger partial charge on any atom is 0.340 e. The van der Waals surface area contributed by atoms with Gasteiger partial charge in [-0.15, -0.1) is 0 Å². The van der Waals surface area contributed by atoms with E-state index in [0.717, 1.165) is 9.64 Å². The molecule has 0 heterocycles. The number of amides is 1. The van der Waals surface area contributed by atoms with Crippen LogP contribution in [0, 0.1) is 3.57 Å². The molecule has 0 aliphatic heterocycles. The van der Waals surface area contributed by atoms with Crippen molar-refractivity contribution in [2.75, 3.05) is 16.6 Å². The van der Waals surface area contributed by atoms with Gasteiger partial charge >= 0.3 is 5.97 Å². The number of ether oxygens (including phenoxy) is 1. The van der Waals surface area contributed by atoms with Gasteiger partial charge in [-0.25, -0.2) is 13.2 Å². The van der Waals surface area contributed by atoms with Crippen molar-refractivity contribution in [2.45, 2.75) is 4.90 Å². The Labute approximate surface area is 218 Å². The maximum atomic E-state index is 12.7. The third-order valence-corrected chi connectivity index (χ3v) is 7.08. The van der Waals surface area contributed by atoms with Gasteiger partial charge < -0.3 is 10.1 Å². The van der Waals surface area contributed by atoms with Gasteiger partial charge in [0, 0.05) is 14.3 Å². The Morgan fingerprint density at radius 2 is 1.61 bits per heavy atom. The Bertz CT molecular complexity index is 1320. The van der Waals surface area contributed by atoms with Crippen LogP contribution in [0.1, 0.15) is 10.4 Å². The highest BCUT2D eigenvalue weighted by atomic mass is 127. The molecular weight excluding hydrogens is 626 g/mol. The monoisotopic (exact) mass is 638 g/mol. The fourth-order valence-electron chi connectivity index (χ4n) is 2.55. The van der Waals surface area contributed by atoms with E-state index >= 15 is 0 Å². The van der Waals surface area contributed by atoms with Crippen LogP contribution >= 0.6 is 57.4 Å². The first kappa shape index (κ1) is 25.6. The first-order valence-corrected chi connectivity index (χ1v) is 12.7. The number of sulfonamides is 1. The number of esters is 1. The SMILES string of the molecule is O=C(COC(=O)c1cc(S(=O)(=O)Nc2ccc(I)cc2)ccc1Cl)Nc1ccc(Cl)cc1Cl. The van der Waals surface area contributed by atoms with E-state index in [4.69, 9.17) is 39.5 Å². The van der Waals surface area contributed by atoms with Crippen molar-refractivity contribution in [3.05, 3.63) is 84.9 Å². The average Bonchev–Trinajstić information content (AvgIpc) is 2.75. The summed E-state index contributed by atoms with van der Waals surface area (Å²) in [7, 11) is -4.00. The smallest absolute Gasteiger partial charge is 0.340 e. The lowest BCUT2D eigenvalue weighted by molar-refractivity contribution is -0.119. The van der Waals surface area contributed by atoms with Crippen LogP contribution in [0.4, 0.5) is 11.4 Å². The standard InChI is InChI=1S/C21H14Cl3IN2O5S/c22-12-1-8-19(18(24)9-12)26-20(28)11-32-21(29)16-10-15(6-7-17(16)23)33(30,31)27-14-4-2-13(25)3-5-14/h1-10,27H,11H2,(H,26,28). The lowest BCUT2D eigenvalue weighted by Crippen LogP contribution is -2.21. The van der Waals surface area contributed by atoms with E-state index in [1.807, 2.05) is 0 Å². The molecule has 0 fully saturated rings. The van der Waals surface area contributed by atoms with Crippen LogP contribution in [0.5, 0.6) is 0 Å². The third-order valence-electron chi connectivity index (χ3n) is 4.10. The Morgan fingerprint density at radius 1 is 0.909 bits per heavy atom. The van der Waals surface area contributed by atoms with Gasteiger partial charge in [0.25, 0.3) is 15.9 Å². The van der Waals surface area contributed by atoms with Crippen LogP contribution in [-0.4, -0.2) is 26.9 Å². The minimum atomic E-state index is -4.00. The van der Waals surface area contributed by atoms with Gasteiger partial charge in [0.2, 0.25) is 0 Å². The highest BCUT2D eigenvalue weighted by Gasteiger charge is 2.21. The van der Waals surface area contributed by atoms with E-state index in [-0.39, 0.29) is 26.2 Å². The summed E-state index contributed by atoms with van der Waals surface area (Å²) >= 11 is 19.9. The van der Waals surface area contributed by atoms with Crippen LogP contribution < -0.4 is 10.0 Å². The largest absolute Gasteiger partial charge is 0.452 e. The van der Waals surface area contributed by atoms with Gasteiger partial charge in [-0.2, -0.15) is 0 Å². The van der Waals surface area contributed by atoms with Crippen molar-refractivity contribution in [3.63, 3.8) is 0 Å². The number of anilines is 2. The van der Waals surface area contributed by atoms with Crippen LogP contribution in [0.2, 0.25) is 15.1 Å². The molecule has 172 valence electrons. The van der Waals surface area contributed by atoms with E-state index in [1.165, 1.54) is 30.3 Å². The van der Waals surface area contributed by atoms with E-state index < -0.39 is 28.5 Å². The second kappa shape index (κ2) is 10.9. The van der Waals surface area contributed by atoms with Crippen molar-refractivity contribution >= 4 is 90.7 Å². The average molecular weight is 640 g/mol. The number of hydrogen-bond acceptors (Lipinski definition) is 5. The highest BCUT2D eigenvalue weighted by molar-refractivity contribution is 14.1. The molecule has 12 heteroatoms. The van der Waals surface area contributed by atoms with Crippen molar-refractivity contribution in [1.82, 2.24) is 0 Å². The predicted molar refractivity (Wildman–Crippen MR) is 137 cm³/mol. The van der Waals surface area contributed by atoms with E-state index in [1.54, 1.807) is 24.3 Å². The topological polar surface area (TPSA) is 102 Å². The molecule has 0 unspecified atom stereocenters. The first-order chi connectivity index (χ1) is 15.5. The molecular formula is C21H14Cl3IN2O5S. The molecule has 0 atom stereocenters. The molecule has 1 amide bonds. The Balaban J connectivity index is 1.69. The predicted octanol–water partition coefficient (Wildman–Crippen LogP) is 5.85. The van der Waals surface area contributed by atoms with Gasteiger partial charge in [-0.3, -0.25) is 9.52 Å². The molecule has 0 saturated carbocycles. The number of nitrogens with one attached hydrogen (secondary N) is 2. The summed E-state index contributed by atoms with van der Waals surface area (Å²) in [5.74, 6) is -1.63. The van der Waals surface area contributed by atoms with Gasteiger partial charge in [0.05, 0.1) is 26.2 Å². The molecule has 0 aliphatic carbocycles. The zero-order valence-corrected chi connectivity index (χ0v) is 21.7. The Kier molecular flexibility index (Phi) is 8.46. The minimum absolute atomic E-state index is 0.0330. The zero-order chi connectivity index (χ0) is 24.2. The molecule has 3 aromatic rings. The van der Waals surface area contributed by atoms with Crippen LogP contribution in [-0.2, 0) is 19.6 Å². The van der Waals surface area contributed by atoms with Crippen molar-refractivity contribution in [3.8, 4) is 0 Å². The molecule has 0 spiro atoms. The number of carbonyl (C=O) groups is 2. The van der Waals surface area contributed by atoms with Gasteiger partial charge in [0.1, 0.15) is 0 Å². The van der Waals surface area contributed by atoms with Crippen LogP contribution in [0.3, 0.4) is 0 Å². The van der Waals surface area contributed by atoms with Crippen LogP contribution in [0.15, 0.2) is 65.6 Å². The quantitative estimate of drug-likeness (QED) is 0.250. The lowest BCUT2D eigenvalue weighted by atomic mass is 10.2. The highest BCUT2D eigenvalue weighted by Crippen LogP contribution is 2.26. The summed E-state index contributed by atoms with van der Waals surface area (Å²) in [6.45, 7) is -0.647. The molecule has 3 rings (SSSR count). The fourth-order valence-corrected chi connectivity index (χ4v) is 4.64. The van der Waals surface area contributed by atoms with E-state index in [0.29, 0.717) is 10.7 Å². The fraction of sp³-hybridized carbons (Fsp3) is 0.0476. The second-order valence-corrected chi connectivity index (χ2v) is 10.7. The Morgan fingerprint density at radius 3 is 2.27 bits per heavy atom. The number of rotatable bonds is 7. The zero-order valence-electron chi connectivity index (χ0n) is 16.4. The maximum absolute atomic E-state index is 12.7. The number of halogens is 4. The summed E-state index contributed by atoms with van der Waals surface area (Å²) < 4.78 is 33.8. The van der Waals surface area contributed by atoms with Crippen molar-refractivity contribution in [1.29, 1.82) is 0 Å². The molecule has 0 aliphatic rings. The molecule has 33 heavy (non-hydrogen) atoms. The summed E-state index contributed by atoms with van der Waals surface area (Å²) in [6.07, 6.45) is 0. The summed E-state index contributed by atoms with van der Waals surface area (Å²) in [5, 5.41) is 3.05. The van der Waals surface area contributed by atoms with Crippen molar-refractivity contribution in [2.24, 2.45) is 0 Å². The van der Waals surface area contributed by atoms with Crippen molar-refractivity contribution < 1.29 is 22.7 Å². The third kappa shape index (κ3) is 6.97. The number of carbonyl (C=O) groups excluding carboxylic acids is 2. The summed E-state index contributed by atoms with van der Waals surface area (Å²) in [5.41, 5.74) is 0.432. The molecule has 7 nitrogen and oxygen atoms in total. The summed E-state index contributed by atoms with van der Waals surface area (Å²) in [4.78, 5) is 24.4. The normalized spacial score (nSPS) is 11.0. The molecule has 3 aromatic carbocycles. The minimum Gasteiger partial charge on any atom is -0.452 e. The Hall–Kier alpha value is -2.05. The van der Waals surface area contributed by atoms with Gasteiger partial charge in [0.15, 0.2) is 6.61 Å². The molecule has 2 N–H and O–H groups in total. The molecule has 0 aromatic heterocycles. The number of hydrogen-bond donors (Lipinski definition) is 2. The molecule has 0 bridgehead atoms. The number of benzene rings is 3. The van der Waals surface area contributed by atoms with E-state index in [9.17, 15) is 18.0 Å². The molecule has 0 saturated heterocycles. The first-order valence-electron chi connectivity index (χ1n) is 9.05. The molecule has 0 radical (unpaired) electrons. The van der Waals surface area contributed by atoms with E-state index in [2.05, 4.69) is 32.6 Å². The van der Waals surface area contributed by atoms with Crippen LogP contribution in [0.25, 0.3) is 0 Å². The second-order valence-electron chi connectivity index (χ2n) is 6.50. The summed E-state index contributed by atoms with van der Waals surface area (Å²) in [6, 6.07) is 14.8.